The fourth-order valence-electron chi connectivity index (χ4n) is 3.10. The van der Waals surface area contributed by atoms with Crippen molar-refractivity contribution in [1.29, 1.82) is 0 Å². The molecule has 23 heavy (non-hydrogen) atoms. The Morgan fingerprint density at radius 3 is 3.04 bits per heavy atom. The number of nitrogens with zero attached hydrogens (tertiary/aromatic N) is 3. The molecule has 0 saturated carbocycles. The van der Waals surface area contributed by atoms with Gasteiger partial charge in [0.1, 0.15) is 11.5 Å². The molecule has 1 aliphatic carbocycles. The van der Waals surface area contributed by atoms with E-state index in [1.54, 1.807) is 6.07 Å². The molecular formula is C17H11FN4O. The van der Waals surface area contributed by atoms with Gasteiger partial charge in [-0.25, -0.2) is 4.39 Å². The quantitative estimate of drug-likeness (QED) is 0.616. The minimum absolute atomic E-state index is 0.0350. The van der Waals surface area contributed by atoms with Gasteiger partial charge in [0.05, 0.1) is 11.4 Å². The van der Waals surface area contributed by atoms with Gasteiger partial charge in [-0.2, -0.15) is 10.1 Å². The van der Waals surface area contributed by atoms with Crippen molar-refractivity contribution in [2.75, 3.05) is 0 Å². The van der Waals surface area contributed by atoms with E-state index in [9.17, 15) is 4.39 Å². The molecule has 0 bridgehead atoms. The molecule has 0 spiro atoms. The molecule has 2 heterocycles. The highest BCUT2D eigenvalue weighted by atomic mass is 19.1. The molecule has 112 valence electrons. The summed E-state index contributed by atoms with van der Waals surface area (Å²) >= 11 is 0. The van der Waals surface area contributed by atoms with E-state index in [0.29, 0.717) is 17.4 Å². The summed E-state index contributed by atoms with van der Waals surface area (Å²) in [5.74, 6) is 0.672. The largest absolute Gasteiger partial charge is 0.338 e. The van der Waals surface area contributed by atoms with Crippen LogP contribution in [0.1, 0.15) is 22.9 Å². The minimum Gasteiger partial charge on any atom is -0.338 e. The molecule has 0 fully saturated rings. The highest BCUT2D eigenvalue weighted by Gasteiger charge is 2.33. The average Bonchev–Trinajstić information content (AvgIpc) is 3.17. The second-order valence-corrected chi connectivity index (χ2v) is 5.67. The van der Waals surface area contributed by atoms with Crippen LogP contribution in [-0.2, 0) is 6.42 Å². The summed E-state index contributed by atoms with van der Waals surface area (Å²) in [6, 6.07) is 12.6. The van der Waals surface area contributed by atoms with Crippen LogP contribution >= 0.6 is 0 Å². The molecule has 0 radical (unpaired) electrons. The third-order valence-electron chi connectivity index (χ3n) is 4.33. The number of aromatic amines is 1. The lowest BCUT2D eigenvalue weighted by Gasteiger charge is -2.26. The topological polar surface area (TPSA) is 67.6 Å². The van der Waals surface area contributed by atoms with Crippen LogP contribution in [0.25, 0.3) is 22.4 Å². The summed E-state index contributed by atoms with van der Waals surface area (Å²) in [4.78, 5) is 4.47. The summed E-state index contributed by atoms with van der Waals surface area (Å²) in [5.41, 5.74) is 3.63. The van der Waals surface area contributed by atoms with Crippen LogP contribution in [0.4, 0.5) is 4.39 Å². The molecule has 6 heteroatoms. The average molecular weight is 306 g/mol. The molecule has 1 atom stereocenters. The third kappa shape index (κ3) is 1.81. The molecule has 5 nitrogen and oxygen atoms in total. The van der Waals surface area contributed by atoms with E-state index in [1.165, 1.54) is 12.1 Å². The lowest BCUT2D eigenvalue weighted by molar-refractivity contribution is 0.356. The number of fused-ring (bicyclic) bond motifs is 2. The highest BCUT2D eigenvalue weighted by Crippen LogP contribution is 2.40. The van der Waals surface area contributed by atoms with E-state index >= 15 is 0 Å². The maximum Gasteiger partial charge on any atom is 0.234 e. The molecule has 1 aliphatic rings. The summed E-state index contributed by atoms with van der Waals surface area (Å²) in [5, 5.41) is 12.2. The Bertz CT molecular complexity index is 1040. The lowest BCUT2D eigenvalue weighted by atomic mass is 9.77. The first-order valence-electron chi connectivity index (χ1n) is 7.35. The number of halogens is 1. The van der Waals surface area contributed by atoms with Crippen molar-refractivity contribution in [3.8, 4) is 11.5 Å². The number of H-pyrrole nitrogens is 1. The van der Waals surface area contributed by atoms with Crippen LogP contribution in [-0.4, -0.2) is 20.3 Å². The van der Waals surface area contributed by atoms with Gasteiger partial charge >= 0.3 is 0 Å². The molecule has 4 aromatic rings. The van der Waals surface area contributed by atoms with Gasteiger partial charge in [0.15, 0.2) is 0 Å². The van der Waals surface area contributed by atoms with Crippen molar-refractivity contribution < 1.29 is 8.91 Å². The Hall–Kier alpha value is -3.02. The highest BCUT2D eigenvalue weighted by molar-refractivity contribution is 5.90. The van der Waals surface area contributed by atoms with Gasteiger partial charge in [-0.3, -0.25) is 5.10 Å². The molecular weight excluding hydrogens is 295 g/mol. The Morgan fingerprint density at radius 1 is 1.17 bits per heavy atom. The van der Waals surface area contributed by atoms with Crippen molar-refractivity contribution in [1.82, 2.24) is 20.3 Å². The fraction of sp³-hybridized carbons (Fsp3) is 0.118. The fourth-order valence-corrected chi connectivity index (χ4v) is 3.10. The predicted molar refractivity (Wildman–Crippen MR) is 81.3 cm³/mol. The Kier molecular flexibility index (Phi) is 2.44. The Balaban J connectivity index is 1.54. The van der Waals surface area contributed by atoms with E-state index in [-0.39, 0.29) is 11.7 Å². The van der Waals surface area contributed by atoms with Crippen LogP contribution < -0.4 is 0 Å². The van der Waals surface area contributed by atoms with Gasteiger partial charge < -0.3 is 4.52 Å². The maximum atomic E-state index is 13.4. The second-order valence-electron chi connectivity index (χ2n) is 5.67. The first-order chi connectivity index (χ1) is 11.3. The van der Waals surface area contributed by atoms with E-state index in [0.717, 1.165) is 28.5 Å². The summed E-state index contributed by atoms with van der Waals surface area (Å²) < 4.78 is 18.8. The molecule has 1 N–H and O–H groups in total. The van der Waals surface area contributed by atoms with Crippen LogP contribution in [0.5, 0.6) is 0 Å². The predicted octanol–water partition coefficient (Wildman–Crippen LogP) is 3.44. The van der Waals surface area contributed by atoms with Crippen molar-refractivity contribution in [2.24, 2.45) is 0 Å². The zero-order valence-electron chi connectivity index (χ0n) is 12.0. The first kappa shape index (κ1) is 12.5. The van der Waals surface area contributed by atoms with Crippen molar-refractivity contribution >= 4 is 10.9 Å². The number of hydrogen-bond donors (Lipinski definition) is 1. The van der Waals surface area contributed by atoms with Crippen LogP contribution in [0.2, 0.25) is 0 Å². The normalized spacial score (nSPS) is 16.3. The molecule has 0 amide bonds. The first-order valence-corrected chi connectivity index (χ1v) is 7.35. The van der Waals surface area contributed by atoms with E-state index < -0.39 is 0 Å². The lowest BCUT2D eigenvalue weighted by Crippen LogP contribution is -2.18. The molecule has 5 rings (SSSR count). The zero-order chi connectivity index (χ0) is 15.4. The van der Waals surface area contributed by atoms with Crippen LogP contribution in [0, 0.1) is 5.82 Å². The minimum atomic E-state index is -0.244. The molecule has 2 aromatic carbocycles. The van der Waals surface area contributed by atoms with Gasteiger partial charge in [-0.15, -0.1) is 0 Å². The zero-order valence-corrected chi connectivity index (χ0v) is 12.0. The smallest absolute Gasteiger partial charge is 0.234 e. The molecule has 1 unspecified atom stereocenters. The van der Waals surface area contributed by atoms with Gasteiger partial charge in [0.2, 0.25) is 11.7 Å². The van der Waals surface area contributed by atoms with Gasteiger partial charge in [0.25, 0.3) is 0 Å². The monoisotopic (exact) mass is 306 g/mol. The van der Waals surface area contributed by atoms with Gasteiger partial charge in [-0.05, 0) is 35.7 Å². The number of benzene rings is 2. The van der Waals surface area contributed by atoms with Crippen molar-refractivity contribution in [2.45, 2.75) is 12.3 Å². The Labute approximate surface area is 130 Å². The van der Waals surface area contributed by atoms with Gasteiger partial charge in [0, 0.05) is 5.39 Å². The third-order valence-corrected chi connectivity index (χ3v) is 4.33. The standard InChI is InChI=1S/C17H11FN4O/c18-10-6-5-9-7-13(12(9)8-10)17-19-16(22-23-17)15-11-3-1-2-4-14(11)20-21-15/h1-6,8,13H,7H2,(H,20,21). The number of aromatic nitrogens is 4. The number of hydrogen-bond acceptors (Lipinski definition) is 4. The summed E-state index contributed by atoms with van der Waals surface area (Å²) in [6.45, 7) is 0. The van der Waals surface area contributed by atoms with E-state index in [1.807, 2.05) is 24.3 Å². The molecule has 2 aromatic heterocycles. The van der Waals surface area contributed by atoms with Crippen LogP contribution in [0.3, 0.4) is 0 Å². The van der Waals surface area contributed by atoms with Gasteiger partial charge in [-0.1, -0.05) is 29.4 Å². The summed E-state index contributed by atoms with van der Waals surface area (Å²) in [6.07, 6.45) is 0.790. The second kappa shape index (κ2) is 4.49. The number of nitrogens with one attached hydrogen (secondary N) is 1. The summed E-state index contributed by atoms with van der Waals surface area (Å²) in [7, 11) is 0. The number of rotatable bonds is 2. The number of para-hydroxylation sites is 1. The van der Waals surface area contributed by atoms with E-state index in [2.05, 4.69) is 20.3 Å². The van der Waals surface area contributed by atoms with Crippen molar-refractivity contribution in [3.63, 3.8) is 0 Å². The molecule has 0 saturated heterocycles. The maximum absolute atomic E-state index is 13.4. The van der Waals surface area contributed by atoms with E-state index in [4.69, 9.17) is 4.52 Å². The van der Waals surface area contributed by atoms with Crippen LogP contribution in [0.15, 0.2) is 47.0 Å². The SMILES string of the molecule is Fc1ccc2c(c1)C(c1nc(-c3n[nH]c4ccccc34)no1)C2. The van der Waals surface area contributed by atoms with Crippen molar-refractivity contribution in [3.05, 3.63) is 65.3 Å². The Morgan fingerprint density at radius 2 is 2.09 bits per heavy atom. The molecule has 0 aliphatic heterocycles.